The number of carboxylic acid groups (broad SMARTS) is 1. The van der Waals surface area contributed by atoms with E-state index in [1.165, 1.54) is 12.1 Å². The lowest BCUT2D eigenvalue weighted by molar-refractivity contribution is 0.0695. The number of hydrogen-bond donors (Lipinski definition) is 4. The van der Waals surface area contributed by atoms with Gasteiger partial charge in [-0.2, -0.15) is 0 Å². The molecule has 0 atom stereocenters. The van der Waals surface area contributed by atoms with E-state index < -0.39 is 17.5 Å². The van der Waals surface area contributed by atoms with Gasteiger partial charge in [0.15, 0.2) is 0 Å². The molecule has 6 heteroatoms. The van der Waals surface area contributed by atoms with Crippen molar-refractivity contribution in [3.05, 3.63) is 52.1 Å². The lowest BCUT2D eigenvalue weighted by atomic mass is 9.83. The zero-order chi connectivity index (χ0) is 15.3. The van der Waals surface area contributed by atoms with Crippen LogP contribution in [0.25, 0.3) is 0 Å². The Morgan fingerprint density at radius 2 is 1.48 bits per heavy atom. The van der Waals surface area contributed by atoms with Crippen LogP contribution in [0.4, 0.5) is 0 Å². The Morgan fingerprint density at radius 3 is 2.10 bits per heavy atom. The first-order chi connectivity index (χ1) is 9.88. The summed E-state index contributed by atoms with van der Waals surface area (Å²) < 4.78 is 0. The maximum Gasteiger partial charge on any atom is 0.335 e. The minimum absolute atomic E-state index is 0.0127. The average Bonchev–Trinajstić information content (AvgIpc) is 2.36. The van der Waals surface area contributed by atoms with Crippen molar-refractivity contribution < 1.29 is 30.0 Å². The van der Waals surface area contributed by atoms with Crippen molar-refractivity contribution in [2.24, 2.45) is 0 Å². The number of phenolic OH excluding ortho intramolecular Hbond substituents is 3. The molecule has 0 aromatic heterocycles. The number of carboxylic acids is 1. The average molecular weight is 286 g/mol. The molecule has 6 nitrogen and oxygen atoms in total. The van der Waals surface area contributed by atoms with Crippen molar-refractivity contribution in [3.63, 3.8) is 0 Å². The molecule has 3 rings (SSSR count). The minimum Gasteiger partial charge on any atom is -0.508 e. The topological polar surface area (TPSA) is 115 Å². The van der Waals surface area contributed by atoms with Gasteiger partial charge in [0, 0.05) is 6.07 Å². The van der Waals surface area contributed by atoms with E-state index in [-0.39, 0.29) is 34.6 Å². The van der Waals surface area contributed by atoms with Gasteiger partial charge in [-0.15, -0.1) is 0 Å². The van der Waals surface area contributed by atoms with Crippen molar-refractivity contribution in [3.8, 4) is 17.2 Å². The van der Waals surface area contributed by atoms with Crippen LogP contribution >= 0.6 is 0 Å². The highest BCUT2D eigenvalue weighted by atomic mass is 16.4. The van der Waals surface area contributed by atoms with Crippen molar-refractivity contribution in [1.29, 1.82) is 0 Å². The van der Waals surface area contributed by atoms with Crippen LogP contribution in [0, 0.1) is 0 Å². The van der Waals surface area contributed by atoms with E-state index in [1.54, 1.807) is 0 Å². The van der Waals surface area contributed by atoms with Crippen LogP contribution in [0.3, 0.4) is 0 Å². The third kappa shape index (κ3) is 1.88. The zero-order valence-electron chi connectivity index (χ0n) is 10.6. The van der Waals surface area contributed by atoms with Crippen LogP contribution in [0.15, 0.2) is 24.3 Å². The first-order valence-electron chi connectivity index (χ1n) is 6.07. The first kappa shape index (κ1) is 13.0. The van der Waals surface area contributed by atoms with E-state index in [0.29, 0.717) is 11.1 Å². The summed E-state index contributed by atoms with van der Waals surface area (Å²) >= 11 is 0. The Hall–Kier alpha value is -3.02. The van der Waals surface area contributed by atoms with Gasteiger partial charge in [0.05, 0.1) is 16.7 Å². The summed E-state index contributed by atoms with van der Waals surface area (Å²) in [7, 11) is 0. The van der Waals surface area contributed by atoms with Crippen LogP contribution < -0.4 is 0 Å². The fourth-order valence-corrected chi connectivity index (χ4v) is 2.61. The highest BCUT2D eigenvalue weighted by molar-refractivity contribution is 6.16. The number of carbonyl (C=O) groups excluding carboxylic acids is 1. The summed E-state index contributed by atoms with van der Waals surface area (Å²) in [6, 6.07) is 4.69. The van der Waals surface area contributed by atoms with Gasteiger partial charge in [0.25, 0.3) is 0 Å². The van der Waals surface area contributed by atoms with Gasteiger partial charge in [-0.25, -0.2) is 4.79 Å². The molecule has 0 aliphatic heterocycles. The monoisotopic (exact) mass is 286 g/mol. The summed E-state index contributed by atoms with van der Waals surface area (Å²) in [5, 5.41) is 38.2. The molecule has 21 heavy (non-hydrogen) atoms. The fraction of sp³-hybridized carbons (Fsp3) is 0.0667. The van der Waals surface area contributed by atoms with Crippen molar-refractivity contribution >= 4 is 11.8 Å². The molecule has 0 unspecified atom stereocenters. The second-order valence-electron chi connectivity index (χ2n) is 4.84. The number of ketones is 1. The number of aromatic carboxylic acids is 1. The molecule has 106 valence electrons. The van der Waals surface area contributed by atoms with Crippen LogP contribution in [0.2, 0.25) is 0 Å². The Morgan fingerprint density at radius 1 is 0.905 bits per heavy atom. The zero-order valence-corrected chi connectivity index (χ0v) is 10.6. The molecule has 4 N–H and O–H groups in total. The van der Waals surface area contributed by atoms with Gasteiger partial charge in [0.2, 0.25) is 5.78 Å². The predicted molar refractivity (Wildman–Crippen MR) is 71.1 cm³/mol. The molecule has 1 aliphatic carbocycles. The van der Waals surface area contributed by atoms with Crippen molar-refractivity contribution in [2.75, 3.05) is 0 Å². The predicted octanol–water partition coefficient (Wildman–Crippen LogP) is 1.64. The Balaban J connectivity index is 2.26. The lowest BCUT2D eigenvalue weighted by Gasteiger charge is -2.21. The molecular weight excluding hydrogens is 276 g/mol. The summed E-state index contributed by atoms with van der Waals surface area (Å²) in [5.41, 5.74) is 0.584. The quantitative estimate of drug-likeness (QED) is 0.540. The molecule has 1 aliphatic rings. The van der Waals surface area contributed by atoms with E-state index in [9.17, 15) is 24.9 Å². The van der Waals surface area contributed by atoms with Gasteiger partial charge in [-0.05, 0) is 35.7 Å². The van der Waals surface area contributed by atoms with Crippen molar-refractivity contribution in [2.45, 2.75) is 6.42 Å². The third-order valence-corrected chi connectivity index (χ3v) is 3.47. The van der Waals surface area contributed by atoms with E-state index in [1.807, 2.05) is 0 Å². The number of carbonyl (C=O) groups is 2. The van der Waals surface area contributed by atoms with Gasteiger partial charge in [-0.1, -0.05) is 0 Å². The number of fused-ring (bicyclic) bond motifs is 2. The number of benzene rings is 2. The van der Waals surface area contributed by atoms with Gasteiger partial charge in [-0.3, -0.25) is 4.79 Å². The van der Waals surface area contributed by atoms with Crippen LogP contribution in [-0.2, 0) is 6.42 Å². The normalized spacial score (nSPS) is 12.7. The Bertz CT molecular complexity index is 806. The molecule has 2 aromatic rings. The molecule has 0 fully saturated rings. The molecule has 0 radical (unpaired) electrons. The van der Waals surface area contributed by atoms with E-state index >= 15 is 0 Å². The second kappa shape index (κ2) is 4.24. The van der Waals surface area contributed by atoms with Crippen molar-refractivity contribution in [1.82, 2.24) is 0 Å². The Labute approximate surface area is 118 Å². The third-order valence-electron chi connectivity index (χ3n) is 3.47. The SMILES string of the molecule is O=C(O)c1cc(O)c2c(c1)Cc1cc(O)cc(O)c1C2=O. The van der Waals surface area contributed by atoms with E-state index in [4.69, 9.17) is 5.11 Å². The summed E-state index contributed by atoms with van der Waals surface area (Å²) in [6.45, 7) is 0. The molecule has 2 aromatic carbocycles. The maximum absolute atomic E-state index is 12.4. The molecule has 0 amide bonds. The second-order valence-corrected chi connectivity index (χ2v) is 4.84. The fourth-order valence-electron chi connectivity index (χ4n) is 2.61. The molecule has 0 bridgehead atoms. The molecule has 0 spiro atoms. The Kier molecular flexibility index (Phi) is 2.62. The van der Waals surface area contributed by atoms with E-state index in [2.05, 4.69) is 0 Å². The molecule has 0 heterocycles. The van der Waals surface area contributed by atoms with Gasteiger partial charge < -0.3 is 20.4 Å². The van der Waals surface area contributed by atoms with Crippen LogP contribution in [0.1, 0.15) is 37.4 Å². The van der Waals surface area contributed by atoms with E-state index in [0.717, 1.165) is 12.1 Å². The van der Waals surface area contributed by atoms with Gasteiger partial charge in [0.1, 0.15) is 17.2 Å². The summed E-state index contributed by atoms with van der Waals surface area (Å²) in [4.78, 5) is 23.4. The summed E-state index contributed by atoms with van der Waals surface area (Å²) in [5.74, 6) is -2.82. The number of rotatable bonds is 1. The van der Waals surface area contributed by atoms with Crippen LogP contribution in [-0.4, -0.2) is 32.2 Å². The molecule has 0 saturated heterocycles. The molecular formula is C15H10O6. The minimum atomic E-state index is -1.22. The largest absolute Gasteiger partial charge is 0.508 e. The highest BCUT2D eigenvalue weighted by Gasteiger charge is 2.30. The van der Waals surface area contributed by atoms with Crippen LogP contribution in [0.5, 0.6) is 17.2 Å². The summed E-state index contributed by atoms with van der Waals surface area (Å²) in [6.07, 6.45) is 0.132. The highest BCUT2D eigenvalue weighted by Crippen LogP contribution is 2.39. The standard InChI is InChI=1S/C15H10O6/c16-9-3-7-1-6-2-8(15(20)21)4-10(17)12(6)14(19)13(7)11(18)5-9/h2-5,16-18H,1H2,(H,20,21). The first-order valence-corrected chi connectivity index (χ1v) is 6.07. The lowest BCUT2D eigenvalue weighted by Crippen LogP contribution is -2.16. The number of phenols is 3. The number of hydrogen-bond acceptors (Lipinski definition) is 5. The smallest absolute Gasteiger partial charge is 0.335 e. The molecule has 0 saturated carbocycles. The van der Waals surface area contributed by atoms with Gasteiger partial charge >= 0.3 is 5.97 Å². The maximum atomic E-state index is 12.4. The number of aromatic hydroxyl groups is 3.